The summed E-state index contributed by atoms with van der Waals surface area (Å²) in [5.41, 5.74) is 2.02. The summed E-state index contributed by atoms with van der Waals surface area (Å²) in [5, 5.41) is 9.96. The monoisotopic (exact) mass is 279 g/mol. The first-order valence-electron chi connectivity index (χ1n) is 3.48. The number of hydrogen-bond acceptors (Lipinski definition) is 4. The van der Waals surface area contributed by atoms with E-state index in [1.807, 2.05) is 5.48 Å². The van der Waals surface area contributed by atoms with E-state index in [4.69, 9.17) is 5.11 Å². The van der Waals surface area contributed by atoms with Gasteiger partial charge in [-0.05, 0) is 27.4 Å². The van der Waals surface area contributed by atoms with Gasteiger partial charge in [-0.3, -0.25) is 9.63 Å². The van der Waals surface area contributed by atoms with Crippen LogP contribution < -0.4 is 5.48 Å². The van der Waals surface area contributed by atoms with Crippen molar-refractivity contribution in [2.24, 2.45) is 0 Å². The zero-order valence-corrected chi connectivity index (χ0v) is 9.22. The summed E-state index contributed by atoms with van der Waals surface area (Å²) < 4.78 is 0.652. The van der Waals surface area contributed by atoms with Crippen LogP contribution in [0.1, 0.15) is 9.67 Å². The maximum absolute atomic E-state index is 11.3. The fraction of sp³-hybridized carbons (Fsp3) is 0.143. The van der Waals surface area contributed by atoms with Crippen molar-refractivity contribution in [1.29, 1.82) is 0 Å². The van der Waals surface area contributed by atoms with E-state index in [-0.39, 0.29) is 0 Å². The lowest BCUT2D eigenvalue weighted by atomic mass is 10.4. The Kier molecular flexibility index (Phi) is 4.05. The Labute approximate surface area is 91.8 Å². The third kappa shape index (κ3) is 3.09. The Morgan fingerprint density at radius 3 is 2.86 bits per heavy atom. The predicted molar refractivity (Wildman–Crippen MR) is 53.1 cm³/mol. The number of carboxylic acids is 1. The van der Waals surface area contributed by atoms with Gasteiger partial charge in [0.15, 0.2) is 6.61 Å². The van der Waals surface area contributed by atoms with Crippen LogP contribution in [-0.2, 0) is 9.63 Å². The molecule has 0 saturated carbocycles. The van der Waals surface area contributed by atoms with Gasteiger partial charge < -0.3 is 5.11 Å². The van der Waals surface area contributed by atoms with Crippen molar-refractivity contribution in [2.45, 2.75) is 0 Å². The minimum atomic E-state index is -1.14. The van der Waals surface area contributed by atoms with E-state index in [1.165, 1.54) is 11.3 Å². The molecule has 0 aliphatic heterocycles. The first kappa shape index (κ1) is 11.2. The number of thiophene rings is 1. The van der Waals surface area contributed by atoms with Crippen molar-refractivity contribution in [3.05, 3.63) is 20.8 Å². The molecule has 76 valence electrons. The van der Waals surface area contributed by atoms with Crippen LogP contribution in [0.2, 0.25) is 0 Å². The normalized spacial score (nSPS) is 9.79. The van der Waals surface area contributed by atoms with Crippen LogP contribution in [0.4, 0.5) is 0 Å². The van der Waals surface area contributed by atoms with Gasteiger partial charge in [-0.1, -0.05) is 0 Å². The van der Waals surface area contributed by atoms with E-state index in [1.54, 1.807) is 11.4 Å². The number of aliphatic carboxylic acids is 1. The van der Waals surface area contributed by atoms with E-state index < -0.39 is 18.5 Å². The van der Waals surface area contributed by atoms with Gasteiger partial charge in [0.25, 0.3) is 5.91 Å². The van der Waals surface area contributed by atoms with Gasteiger partial charge in [-0.15, -0.1) is 11.3 Å². The van der Waals surface area contributed by atoms with Crippen LogP contribution in [0, 0.1) is 0 Å². The average molecular weight is 280 g/mol. The van der Waals surface area contributed by atoms with Crippen LogP contribution >= 0.6 is 27.3 Å². The standard InChI is InChI=1S/C7H6BrNO4S/c8-4-1-2-14-6(4)7(12)9-13-3-5(10)11/h1-2H,3H2,(H,9,12)(H,10,11). The second-order valence-corrected chi connectivity index (χ2v) is 3.98. The minimum absolute atomic E-state index is 0.440. The number of carboxylic acid groups (broad SMARTS) is 1. The molecule has 0 unspecified atom stereocenters. The zero-order chi connectivity index (χ0) is 10.6. The molecule has 0 fully saturated rings. The number of rotatable bonds is 4. The number of halogens is 1. The van der Waals surface area contributed by atoms with E-state index in [0.717, 1.165) is 0 Å². The summed E-state index contributed by atoms with van der Waals surface area (Å²) in [5.74, 6) is -1.61. The van der Waals surface area contributed by atoms with Gasteiger partial charge in [0.05, 0.1) is 0 Å². The molecule has 14 heavy (non-hydrogen) atoms. The quantitative estimate of drug-likeness (QED) is 0.814. The van der Waals surface area contributed by atoms with Crippen molar-refractivity contribution in [2.75, 3.05) is 6.61 Å². The van der Waals surface area contributed by atoms with Gasteiger partial charge in [0.2, 0.25) is 0 Å². The summed E-state index contributed by atoms with van der Waals surface area (Å²) in [4.78, 5) is 26.2. The molecule has 2 N–H and O–H groups in total. The maximum atomic E-state index is 11.3. The molecule has 1 aromatic rings. The molecule has 0 atom stereocenters. The molecule has 1 rings (SSSR count). The maximum Gasteiger partial charge on any atom is 0.332 e. The average Bonchev–Trinajstić information content (AvgIpc) is 2.50. The van der Waals surface area contributed by atoms with Gasteiger partial charge in [-0.2, -0.15) is 0 Å². The number of amides is 1. The van der Waals surface area contributed by atoms with Crippen LogP contribution in [0.15, 0.2) is 15.9 Å². The number of hydrogen-bond donors (Lipinski definition) is 2. The van der Waals surface area contributed by atoms with Crippen molar-refractivity contribution in [3.8, 4) is 0 Å². The molecule has 0 radical (unpaired) electrons. The summed E-state index contributed by atoms with van der Waals surface area (Å²) in [6.07, 6.45) is 0. The van der Waals surface area contributed by atoms with E-state index in [2.05, 4.69) is 20.8 Å². The first-order valence-corrected chi connectivity index (χ1v) is 5.15. The highest BCUT2D eigenvalue weighted by Gasteiger charge is 2.11. The lowest BCUT2D eigenvalue weighted by Crippen LogP contribution is -2.26. The molecule has 0 saturated heterocycles. The molecule has 5 nitrogen and oxygen atoms in total. The van der Waals surface area contributed by atoms with Crippen molar-refractivity contribution in [3.63, 3.8) is 0 Å². The predicted octanol–water partition coefficient (Wildman–Crippen LogP) is 1.26. The highest BCUT2D eigenvalue weighted by atomic mass is 79.9. The Morgan fingerprint density at radius 2 is 2.36 bits per heavy atom. The third-order valence-electron chi connectivity index (χ3n) is 1.18. The van der Waals surface area contributed by atoms with Crippen molar-refractivity contribution in [1.82, 2.24) is 5.48 Å². The number of hydroxylamine groups is 1. The molecule has 1 heterocycles. The van der Waals surface area contributed by atoms with Crippen molar-refractivity contribution < 1.29 is 19.5 Å². The zero-order valence-electron chi connectivity index (χ0n) is 6.82. The van der Waals surface area contributed by atoms with Crippen LogP contribution in [0.25, 0.3) is 0 Å². The topological polar surface area (TPSA) is 75.6 Å². The lowest BCUT2D eigenvalue weighted by Gasteiger charge is -2.01. The van der Waals surface area contributed by atoms with Gasteiger partial charge in [0, 0.05) is 4.47 Å². The van der Waals surface area contributed by atoms with Crippen LogP contribution in [-0.4, -0.2) is 23.6 Å². The molecule has 0 aliphatic rings. The Bertz CT molecular complexity index is 351. The largest absolute Gasteiger partial charge is 0.479 e. The summed E-state index contributed by atoms with van der Waals surface area (Å²) in [6.45, 7) is -0.561. The van der Waals surface area contributed by atoms with Crippen LogP contribution in [0.5, 0.6) is 0 Å². The molecule has 7 heteroatoms. The van der Waals surface area contributed by atoms with Gasteiger partial charge in [-0.25, -0.2) is 10.3 Å². The fourth-order valence-corrected chi connectivity index (χ4v) is 2.10. The third-order valence-corrected chi connectivity index (χ3v) is 3.02. The summed E-state index contributed by atoms with van der Waals surface area (Å²) >= 11 is 4.40. The molecule has 1 aromatic heterocycles. The van der Waals surface area contributed by atoms with Gasteiger partial charge in [0.1, 0.15) is 4.88 Å². The number of carbonyl (C=O) groups excluding carboxylic acids is 1. The Balaban J connectivity index is 2.44. The fourth-order valence-electron chi connectivity index (χ4n) is 0.665. The minimum Gasteiger partial charge on any atom is -0.479 e. The molecule has 0 aliphatic carbocycles. The molecular weight excluding hydrogens is 274 g/mol. The highest BCUT2D eigenvalue weighted by molar-refractivity contribution is 9.10. The number of carbonyl (C=O) groups is 2. The highest BCUT2D eigenvalue weighted by Crippen LogP contribution is 2.22. The Morgan fingerprint density at radius 1 is 1.64 bits per heavy atom. The lowest BCUT2D eigenvalue weighted by molar-refractivity contribution is -0.144. The smallest absolute Gasteiger partial charge is 0.332 e. The number of nitrogens with one attached hydrogen (secondary N) is 1. The SMILES string of the molecule is O=C(O)CONC(=O)c1sccc1Br. The van der Waals surface area contributed by atoms with E-state index in [9.17, 15) is 9.59 Å². The molecule has 1 amide bonds. The first-order chi connectivity index (χ1) is 6.61. The van der Waals surface area contributed by atoms with E-state index >= 15 is 0 Å². The Hall–Kier alpha value is -0.920. The van der Waals surface area contributed by atoms with Gasteiger partial charge >= 0.3 is 5.97 Å². The molecule has 0 spiro atoms. The molecule has 0 aromatic carbocycles. The van der Waals surface area contributed by atoms with E-state index in [0.29, 0.717) is 9.35 Å². The molecule has 0 bridgehead atoms. The van der Waals surface area contributed by atoms with Crippen molar-refractivity contribution >= 4 is 39.1 Å². The second-order valence-electron chi connectivity index (χ2n) is 2.21. The molecular formula is C7H6BrNO4S. The second kappa shape index (κ2) is 5.08. The summed E-state index contributed by atoms with van der Waals surface area (Å²) in [6, 6.07) is 1.72. The van der Waals surface area contributed by atoms with Crippen LogP contribution in [0.3, 0.4) is 0 Å². The summed E-state index contributed by atoms with van der Waals surface area (Å²) in [7, 11) is 0.